The summed E-state index contributed by atoms with van der Waals surface area (Å²) in [5.41, 5.74) is 1.81. The van der Waals surface area contributed by atoms with Gasteiger partial charge in [0.1, 0.15) is 16.7 Å². The first-order valence-corrected chi connectivity index (χ1v) is 7.89. The first-order chi connectivity index (χ1) is 11.3. The van der Waals surface area contributed by atoms with Crippen molar-refractivity contribution in [2.45, 2.75) is 25.5 Å². The Bertz CT molecular complexity index is 745. The van der Waals surface area contributed by atoms with E-state index in [0.29, 0.717) is 22.4 Å². The number of aliphatic carboxylic acids is 1. The van der Waals surface area contributed by atoms with Gasteiger partial charge in [-0.25, -0.2) is 0 Å². The Morgan fingerprint density at radius 2 is 2.21 bits per heavy atom. The minimum Gasteiger partial charge on any atom is -0.507 e. The number of hydrogen-bond donors (Lipinski definition) is 3. The number of carbonyl (C=O) groups excluding carboxylic acids is 1. The van der Waals surface area contributed by atoms with Crippen LogP contribution < -0.4 is 10.1 Å². The molecule has 1 unspecified atom stereocenters. The van der Waals surface area contributed by atoms with Crippen molar-refractivity contribution in [1.29, 1.82) is 0 Å². The normalized spacial score (nSPS) is 19.0. The molecule has 24 heavy (non-hydrogen) atoms. The second kappa shape index (κ2) is 7.35. The smallest absolute Gasteiger partial charge is 0.305 e. The van der Waals surface area contributed by atoms with Crippen LogP contribution >= 0.6 is 11.8 Å². The second-order valence-electron chi connectivity index (χ2n) is 5.13. The summed E-state index contributed by atoms with van der Waals surface area (Å²) in [6.45, 7) is 3.52. The molecule has 3 N–H and O–H groups in total. The molecular formula is C15H17N3O5S. The van der Waals surface area contributed by atoms with E-state index in [2.05, 4.69) is 15.5 Å². The Labute approximate surface area is 142 Å². The lowest BCUT2D eigenvalue weighted by molar-refractivity contribution is -0.138. The number of carboxylic acids is 1. The Morgan fingerprint density at radius 3 is 2.83 bits per heavy atom. The molecule has 0 aliphatic carbocycles. The summed E-state index contributed by atoms with van der Waals surface area (Å²) in [7, 11) is 1.53. The number of aryl methyl sites for hydroxylation is 1. The fourth-order valence-corrected chi connectivity index (χ4v) is 3.07. The molecular weight excluding hydrogens is 334 g/mol. The fraction of sp³-hybridized carbons (Fsp3) is 0.333. The lowest BCUT2D eigenvalue weighted by Gasteiger charge is -2.11. The molecule has 0 spiro atoms. The standard InChI is InChI=1S/C15H17N3O5S/c1-7-4-10(23-3)8(2)9(13(7)21)6-16-18-15-17-14(22)11(24-15)5-12(19)20/h4,6,11,21H,5H2,1-3H3,(H,19,20)(H,17,18,22). The Balaban J connectivity index is 2.19. The number of nitrogens with zero attached hydrogens (tertiary/aromatic N) is 2. The molecule has 1 aromatic carbocycles. The predicted molar refractivity (Wildman–Crippen MR) is 90.9 cm³/mol. The van der Waals surface area contributed by atoms with E-state index in [1.165, 1.54) is 13.3 Å². The summed E-state index contributed by atoms with van der Waals surface area (Å²) < 4.78 is 5.24. The highest BCUT2D eigenvalue weighted by molar-refractivity contribution is 8.15. The zero-order valence-corrected chi connectivity index (χ0v) is 14.2. The first kappa shape index (κ1) is 17.8. The predicted octanol–water partition coefficient (Wildman–Crippen LogP) is 1.41. The van der Waals surface area contributed by atoms with Gasteiger partial charge >= 0.3 is 5.97 Å². The Morgan fingerprint density at radius 1 is 1.50 bits per heavy atom. The molecule has 9 heteroatoms. The molecule has 128 valence electrons. The molecule has 0 aromatic heterocycles. The van der Waals surface area contributed by atoms with Crippen molar-refractivity contribution in [3.63, 3.8) is 0 Å². The van der Waals surface area contributed by atoms with Crippen LogP contribution in [0, 0.1) is 13.8 Å². The van der Waals surface area contributed by atoms with Crippen LogP contribution in [0.1, 0.15) is 23.1 Å². The van der Waals surface area contributed by atoms with Crippen molar-refractivity contribution in [1.82, 2.24) is 5.32 Å². The van der Waals surface area contributed by atoms with Gasteiger partial charge in [-0.2, -0.15) is 5.10 Å². The summed E-state index contributed by atoms with van der Waals surface area (Å²) in [4.78, 5) is 22.3. The van der Waals surface area contributed by atoms with Gasteiger partial charge in [0.25, 0.3) is 0 Å². The molecule has 0 bridgehead atoms. The largest absolute Gasteiger partial charge is 0.507 e. The van der Waals surface area contributed by atoms with Crippen LogP contribution in [0.5, 0.6) is 11.5 Å². The van der Waals surface area contributed by atoms with E-state index in [1.807, 2.05) is 0 Å². The summed E-state index contributed by atoms with van der Waals surface area (Å²) >= 11 is 1.01. The van der Waals surface area contributed by atoms with E-state index in [9.17, 15) is 14.7 Å². The molecule has 1 atom stereocenters. The van der Waals surface area contributed by atoms with Crippen molar-refractivity contribution in [3.8, 4) is 11.5 Å². The molecule has 1 heterocycles. The van der Waals surface area contributed by atoms with Crippen LogP contribution in [-0.4, -0.2) is 45.8 Å². The molecule has 2 rings (SSSR count). The number of phenolic OH excluding ortho intramolecular Hbond substituents is 1. The highest BCUT2D eigenvalue weighted by Gasteiger charge is 2.32. The van der Waals surface area contributed by atoms with Crippen molar-refractivity contribution >= 4 is 35.0 Å². The fourth-order valence-electron chi connectivity index (χ4n) is 2.15. The van der Waals surface area contributed by atoms with Gasteiger partial charge in [0.05, 0.1) is 19.7 Å². The molecule has 1 aliphatic heterocycles. The number of benzene rings is 1. The van der Waals surface area contributed by atoms with Gasteiger partial charge < -0.3 is 20.3 Å². The van der Waals surface area contributed by atoms with Crippen LogP contribution in [0.4, 0.5) is 0 Å². The average Bonchev–Trinajstić information content (AvgIpc) is 2.85. The van der Waals surface area contributed by atoms with Gasteiger partial charge in [-0.05, 0) is 25.5 Å². The maximum absolute atomic E-state index is 11.6. The highest BCUT2D eigenvalue weighted by atomic mass is 32.2. The van der Waals surface area contributed by atoms with Crippen LogP contribution in [-0.2, 0) is 9.59 Å². The maximum Gasteiger partial charge on any atom is 0.305 e. The summed E-state index contributed by atoms with van der Waals surface area (Å²) in [5.74, 6) is -0.777. The Hall–Kier alpha value is -2.55. The highest BCUT2D eigenvalue weighted by Crippen LogP contribution is 2.31. The molecule has 1 fully saturated rings. The van der Waals surface area contributed by atoms with Crippen LogP contribution in [0.3, 0.4) is 0 Å². The monoisotopic (exact) mass is 351 g/mol. The number of carbonyl (C=O) groups is 2. The number of carboxylic acid groups (broad SMARTS) is 1. The molecule has 1 aliphatic rings. The first-order valence-electron chi connectivity index (χ1n) is 7.01. The van der Waals surface area contributed by atoms with Gasteiger partial charge in [-0.3, -0.25) is 9.59 Å². The number of thioether (sulfide) groups is 1. The van der Waals surface area contributed by atoms with Gasteiger partial charge in [-0.15, -0.1) is 5.10 Å². The third kappa shape index (κ3) is 3.85. The van der Waals surface area contributed by atoms with Gasteiger partial charge in [0, 0.05) is 11.1 Å². The van der Waals surface area contributed by atoms with E-state index in [4.69, 9.17) is 9.84 Å². The average molecular weight is 351 g/mol. The lowest BCUT2D eigenvalue weighted by atomic mass is 10.0. The number of phenols is 1. The van der Waals surface area contributed by atoms with Crippen molar-refractivity contribution in [2.75, 3.05) is 7.11 Å². The van der Waals surface area contributed by atoms with Crippen LogP contribution in [0.25, 0.3) is 0 Å². The maximum atomic E-state index is 11.6. The van der Waals surface area contributed by atoms with E-state index >= 15 is 0 Å². The van der Waals surface area contributed by atoms with Gasteiger partial charge in [-0.1, -0.05) is 11.8 Å². The van der Waals surface area contributed by atoms with E-state index in [1.54, 1.807) is 19.9 Å². The number of methoxy groups -OCH3 is 1. The number of rotatable bonds is 5. The molecule has 8 nitrogen and oxygen atoms in total. The van der Waals surface area contributed by atoms with Gasteiger partial charge in [0.15, 0.2) is 5.17 Å². The summed E-state index contributed by atoms with van der Waals surface area (Å²) in [6.07, 6.45) is 1.08. The number of hydrogen-bond acceptors (Lipinski definition) is 7. The van der Waals surface area contributed by atoms with Crippen molar-refractivity contribution < 1.29 is 24.5 Å². The quantitative estimate of drug-likeness (QED) is 0.545. The second-order valence-corrected chi connectivity index (χ2v) is 6.32. The number of nitrogens with one attached hydrogen (secondary N) is 1. The minimum atomic E-state index is -1.06. The van der Waals surface area contributed by atoms with Crippen LogP contribution in [0.2, 0.25) is 0 Å². The lowest BCUT2D eigenvalue weighted by Crippen LogP contribution is -2.26. The zero-order valence-electron chi connectivity index (χ0n) is 13.4. The summed E-state index contributed by atoms with van der Waals surface area (Å²) in [5, 5.41) is 28.6. The third-order valence-electron chi connectivity index (χ3n) is 3.44. The van der Waals surface area contributed by atoms with Crippen molar-refractivity contribution in [3.05, 3.63) is 22.8 Å². The molecule has 1 amide bonds. The van der Waals surface area contributed by atoms with Gasteiger partial charge in [0.2, 0.25) is 5.91 Å². The zero-order chi connectivity index (χ0) is 17.9. The number of amidine groups is 1. The molecule has 0 saturated carbocycles. The number of amides is 1. The van der Waals surface area contributed by atoms with Crippen LogP contribution in [0.15, 0.2) is 16.3 Å². The van der Waals surface area contributed by atoms with E-state index < -0.39 is 17.1 Å². The minimum absolute atomic E-state index is 0.0733. The molecule has 1 aromatic rings. The third-order valence-corrected chi connectivity index (χ3v) is 4.51. The van der Waals surface area contributed by atoms with E-state index in [-0.39, 0.29) is 17.3 Å². The van der Waals surface area contributed by atoms with E-state index in [0.717, 1.165) is 11.8 Å². The number of aromatic hydroxyl groups is 1. The molecule has 1 saturated heterocycles. The molecule has 0 radical (unpaired) electrons. The number of ether oxygens (including phenoxy) is 1. The topological polar surface area (TPSA) is 121 Å². The summed E-state index contributed by atoms with van der Waals surface area (Å²) in [6, 6.07) is 1.72. The SMILES string of the molecule is COc1cc(C)c(O)c(C=NN=C2NC(=O)C(CC(=O)O)S2)c1C. The van der Waals surface area contributed by atoms with Crippen molar-refractivity contribution in [2.24, 2.45) is 10.2 Å². The Kier molecular flexibility index (Phi) is 5.45.